The summed E-state index contributed by atoms with van der Waals surface area (Å²) in [5.41, 5.74) is 1.53. The minimum atomic E-state index is -0.0549. The van der Waals surface area contributed by atoms with Crippen molar-refractivity contribution >= 4 is 27.5 Å². The molecule has 0 bridgehead atoms. The summed E-state index contributed by atoms with van der Waals surface area (Å²) < 4.78 is 5.87. The Labute approximate surface area is 104 Å². The number of carbonyl (C=O) groups excluding carboxylic acids is 1. The van der Waals surface area contributed by atoms with Crippen LogP contribution < -0.4 is 5.32 Å². The summed E-state index contributed by atoms with van der Waals surface area (Å²) >= 11 is 3.27. The van der Waals surface area contributed by atoms with Gasteiger partial charge in [0.25, 0.3) is 0 Å². The molecule has 1 rings (SSSR count). The number of hydrogen-bond acceptors (Lipinski definition) is 3. The number of ether oxygens (including phenoxy) is 1. The number of carbonyl (C=O) groups is 1. The quantitative estimate of drug-likeness (QED) is 0.668. The van der Waals surface area contributed by atoms with Crippen molar-refractivity contribution in [1.82, 2.24) is 4.98 Å². The van der Waals surface area contributed by atoms with Crippen molar-refractivity contribution in [3.05, 3.63) is 22.4 Å². The van der Waals surface area contributed by atoms with Crippen molar-refractivity contribution in [2.24, 2.45) is 0 Å². The summed E-state index contributed by atoms with van der Waals surface area (Å²) in [6, 6.07) is 3.62. The topological polar surface area (TPSA) is 51.2 Å². The minimum Gasteiger partial charge on any atom is -0.381 e. The summed E-state index contributed by atoms with van der Waals surface area (Å²) in [5, 5.41) is 2.79. The lowest BCUT2D eigenvalue weighted by Crippen LogP contribution is -2.15. The Morgan fingerprint density at radius 2 is 2.31 bits per heavy atom. The number of hydrogen-bond donors (Lipinski definition) is 1. The largest absolute Gasteiger partial charge is 0.381 e. The molecule has 5 heteroatoms. The zero-order chi connectivity index (χ0) is 12.0. The van der Waals surface area contributed by atoms with E-state index >= 15 is 0 Å². The van der Waals surface area contributed by atoms with Crippen LogP contribution in [0.25, 0.3) is 0 Å². The summed E-state index contributed by atoms with van der Waals surface area (Å²) in [7, 11) is 0. The third-order valence-corrected chi connectivity index (χ3v) is 2.45. The van der Waals surface area contributed by atoms with Gasteiger partial charge in [0.15, 0.2) is 0 Å². The third-order valence-electron chi connectivity index (χ3n) is 2.00. The molecule has 1 N–H and O–H groups in total. The van der Waals surface area contributed by atoms with E-state index in [4.69, 9.17) is 4.74 Å². The fraction of sp³-hybridized carbons (Fsp3) is 0.455. The van der Waals surface area contributed by atoms with Gasteiger partial charge in [-0.15, -0.1) is 0 Å². The highest BCUT2D eigenvalue weighted by atomic mass is 79.9. The van der Waals surface area contributed by atoms with E-state index in [-0.39, 0.29) is 5.91 Å². The smallest absolute Gasteiger partial charge is 0.226 e. The van der Waals surface area contributed by atoms with Crippen LogP contribution >= 0.6 is 15.9 Å². The Morgan fingerprint density at radius 1 is 1.56 bits per heavy atom. The van der Waals surface area contributed by atoms with Gasteiger partial charge in [0.1, 0.15) is 4.60 Å². The molecule has 0 aliphatic heterocycles. The van der Waals surface area contributed by atoms with Crippen LogP contribution in [0.5, 0.6) is 0 Å². The van der Waals surface area contributed by atoms with Gasteiger partial charge in [0.2, 0.25) is 5.91 Å². The maximum atomic E-state index is 11.5. The summed E-state index contributed by atoms with van der Waals surface area (Å²) in [6.45, 7) is 4.83. The molecule has 0 aliphatic carbocycles. The molecular weight excluding hydrogens is 272 g/mol. The monoisotopic (exact) mass is 286 g/mol. The van der Waals surface area contributed by atoms with E-state index < -0.39 is 0 Å². The van der Waals surface area contributed by atoms with Crippen LogP contribution in [0.4, 0.5) is 5.69 Å². The second-order valence-electron chi connectivity index (χ2n) is 3.26. The molecule has 0 saturated carbocycles. The Hall–Kier alpha value is -0.940. The van der Waals surface area contributed by atoms with E-state index in [1.54, 1.807) is 6.07 Å². The molecule has 1 amide bonds. The van der Waals surface area contributed by atoms with Gasteiger partial charge in [-0.2, -0.15) is 0 Å². The van der Waals surface area contributed by atoms with Gasteiger partial charge < -0.3 is 10.1 Å². The first-order valence-corrected chi connectivity index (χ1v) is 5.93. The van der Waals surface area contributed by atoms with Crippen molar-refractivity contribution in [1.29, 1.82) is 0 Å². The number of halogens is 1. The highest BCUT2D eigenvalue weighted by Gasteiger charge is 2.05. The van der Waals surface area contributed by atoms with Gasteiger partial charge in [-0.25, -0.2) is 4.98 Å². The number of amides is 1. The van der Waals surface area contributed by atoms with Crippen LogP contribution in [0.3, 0.4) is 0 Å². The van der Waals surface area contributed by atoms with Crippen LogP contribution in [0, 0.1) is 6.92 Å². The SMILES string of the molecule is CCOCCC(=O)Nc1ccc(Br)nc1C. The van der Waals surface area contributed by atoms with E-state index in [0.29, 0.717) is 19.6 Å². The molecule has 0 unspecified atom stereocenters. The fourth-order valence-electron chi connectivity index (χ4n) is 1.18. The van der Waals surface area contributed by atoms with Crippen LogP contribution in [0.15, 0.2) is 16.7 Å². The maximum Gasteiger partial charge on any atom is 0.226 e. The second kappa shape index (κ2) is 6.60. The van der Waals surface area contributed by atoms with Crippen molar-refractivity contribution in [3.63, 3.8) is 0 Å². The van der Waals surface area contributed by atoms with E-state index in [9.17, 15) is 4.79 Å². The fourth-order valence-corrected chi connectivity index (χ4v) is 1.58. The molecule has 0 atom stereocenters. The van der Waals surface area contributed by atoms with Crippen LogP contribution in [-0.2, 0) is 9.53 Å². The molecule has 88 valence electrons. The predicted molar refractivity (Wildman–Crippen MR) is 66.4 cm³/mol. The summed E-state index contributed by atoms with van der Waals surface area (Å²) in [5.74, 6) is -0.0549. The second-order valence-corrected chi connectivity index (χ2v) is 4.07. The summed E-state index contributed by atoms with van der Waals surface area (Å²) in [6.07, 6.45) is 0.364. The Bertz CT molecular complexity index is 369. The predicted octanol–water partition coefficient (Wildman–Crippen LogP) is 2.52. The molecule has 0 aromatic carbocycles. The highest BCUT2D eigenvalue weighted by molar-refractivity contribution is 9.10. The molecule has 0 fully saturated rings. The van der Waals surface area contributed by atoms with Gasteiger partial charge in [0.05, 0.1) is 24.4 Å². The van der Waals surface area contributed by atoms with Gasteiger partial charge in [-0.1, -0.05) is 0 Å². The molecular formula is C11H15BrN2O2. The molecule has 1 aromatic rings. The molecule has 1 aromatic heterocycles. The average molecular weight is 287 g/mol. The lowest BCUT2D eigenvalue weighted by molar-refractivity contribution is -0.117. The number of nitrogens with one attached hydrogen (secondary N) is 1. The van der Waals surface area contributed by atoms with E-state index in [1.165, 1.54) is 0 Å². The van der Waals surface area contributed by atoms with Crippen molar-refractivity contribution in [2.75, 3.05) is 18.5 Å². The van der Waals surface area contributed by atoms with Crippen LogP contribution in [0.2, 0.25) is 0 Å². The van der Waals surface area contributed by atoms with Crippen molar-refractivity contribution in [3.8, 4) is 0 Å². The van der Waals surface area contributed by atoms with Gasteiger partial charge in [-0.3, -0.25) is 4.79 Å². The summed E-state index contributed by atoms with van der Waals surface area (Å²) in [4.78, 5) is 15.7. The maximum absolute atomic E-state index is 11.5. The molecule has 0 radical (unpaired) electrons. The minimum absolute atomic E-state index is 0.0549. The van der Waals surface area contributed by atoms with Gasteiger partial charge in [0, 0.05) is 6.61 Å². The first-order valence-electron chi connectivity index (χ1n) is 5.14. The van der Waals surface area contributed by atoms with Crippen LogP contribution in [-0.4, -0.2) is 24.1 Å². The zero-order valence-corrected chi connectivity index (χ0v) is 11.0. The number of aryl methyl sites for hydroxylation is 1. The average Bonchev–Trinajstić information content (AvgIpc) is 2.23. The molecule has 0 aliphatic rings. The Balaban J connectivity index is 2.49. The van der Waals surface area contributed by atoms with Gasteiger partial charge in [-0.05, 0) is 41.9 Å². The van der Waals surface area contributed by atoms with E-state index in [1.807, 2.05) is 19.9 Å². The highest BCUT2D eigenvalue weighted by Crippen LogP contribution is 2.16. The molecule has 4 nitrogen and oxygen atoms in total. The first-order chi connectivity index (χ1) is 7.63. The Morgan fingerprint density at radius 3 is 2.94 bits per heavy atom. The van der Waals surface area contributed by atoms with Crippen LogP contribution in [0.1, 0.15) is 19.0 Å². The number of aromatic nitrogens is 1. The number of nitrogens with zero attached hydrogens (tertiary/aromatic N) is 1. The third kappa shape index (κ3) is 4.28. The molecule has 1 heterocycles. The van der Waals surface area contributed by atoms with Crippen molar-refractivity contribution < 1.29 is 9.53 Å². The van der Waals surface area contributed by atoms with Gasteiger partial charge >= 0.3 is 0 Å². The lowest BCUT2D eigenvalue weighted by Gasteiger charge is -2.07. The van der Waals surface area contributed by atoms with E-state index in [2.05, 4.69) is 26.2 Å². The molecule has 0 spiro atoms. The molecule has 0 saturated heterocycles. The molecule has 16 heavy (non-hydrogen) atoms. The standard InChI is InChI=1S/C11H15BrN2O2/c1-3-16-7-6-11(15)14-9-4-5-10(12)13-8(9)2/h4-5H,3,6-7H2,1-2H3,(H,14,15). The Kier molecular flexibility index (Phi) is 5.42. The zero-order valence-electron chi connectivity index (χ0n) is 9.42. The lowest BCUT2D eigenvalue weighted by atomic mass is 10.3. The first kappa shape index (κ1) is 13.1. The van der Waals surface area contributed by atoms with Crippen molar-refractivity contribution in [2.45, 2.75) is 20.3 Å². The number of pyridine rings is 1. The number of rotatable bonds is 5. The number of anilines is 1. The normalized spacial score (nSPS) is 10.2. The van der Waals surface area contributed by atoms with E-state index in [0.717, 1.165) is 16.0 Å².